The number of hydrogen-bond acceptors (Lipinski definition) is 3. The summed E-state index contributed by atoms with van der Waals surface area (Å²) in [6.07, 6.45) is 1.47. The van der Waals surface area contributed by atoms with Crippen molar-refractivity contribution in [1.29, 1.82) is 0 Å². The monoisotopic (exact) mass is 380 g/mol. The van der Waals surface area contributed by atoms with Crippen molar-refractivity contribution in [2.24, 2.45) is 0 Å². The Hall–Kier alpha value is -3.61. The van der Waals surface area contributed by atoms with Gasteiger partial charge in [-0.05, 0) is 24.3 Å². The van der Waals surface area contributed by atoms with Gasteiger partial charge in [-0.3, -0.25) is 0 Å². The first-order valence-corrected chi connectivity index (χ1v) is 8.47. The van der Waals surface area contributed by atoms with Gasteiger partial charge in [0.25, 0.3) is 0 Å². The second kappa shape index (κ2) is 5.95. The molecule has 0 N–H and O–H groups in total. The third-order valence-electron chi connectivity index (χ3n) is 4.81. The molecule has 0 saturated carbocycles. The van der Waals surface area contributed by atoms with Gasteiger partial charge in [-0.1, -0.05) is 18.2 Å². The van der Waals surface area contributed by atoms with Crippen molar-refractivity contribution in [3.63, 3.8) is 0 Å². The summed E-state index contributed by atoms with van der Waals surface area (Å²) in [6, 6.07) is 11.5. The van der Waals surface area contributed by atoms with E-state index in [0.717, 1.165) is 12.1 Å². The van der Waals surface area contributed by atoms with Gasteiger partial charge in [0, 0.05) is 34.0 Å². The Labute approximate surface area is 155 Å². The van der Waals surface area contributed by atoms with E-state index < -0.39 is 23.1 Å². The van der Waals surface area contributed by atoms with Gasteiger partial charge in [0.15, 0.2) is 11.6 Å². The predicted octanol–water partition coefficient (Wildman–Crippen LogP) is 4.76. The van der Waals surface area contributed by atoms with Crippen LogP contribution >= 0.6 is 0 Å². The van der Waals surface area contributed by atoms with Gasteiger partial charge in [-0.25, -0.2) is 22.9 Å². The molecule has 2 aromatic carbocycles. The lowest BCUT2D eigenvalue weighted by Crippen LogP contribution is -2.09. The number of aromatic nitrogens is 2. The number of halogens is 3. The molecule has 5 rings (SSSR count). The molecular weight excluding hydrogens is 369 g/mol. The number of pyridine rings is 1. The maximum Gasteiger partial charge on any atom is 0.362 e. The van der Waals surface area contributed by atoms with Crippen LogP contribution in [0.3, 0.4) is 0 Å². The molecule has 0 amide bonds. The first-order valence-electron chi connectivity index (χ1n) is 8.47. The highest BCUT2D eigenvalue weighted by molar-refractivity contribution is 6.18. The summed E-state index contributed by atoms with van der Waals surface area (Å²) in [4.78, 5) is 16.8. The summed E-state index contributed by atoms with van der Waals surface area (Å²) < 4.78 is 49.0. The minimum Gasteiger partial charge on any atom is -0.402 e. The van der Waals surface area contributed by atoms with Gasteiger partial charge in [0.05, 0.1) is 12.1 Å². The molecule has 0 unspecified atom stereocenters. The van der Waals surface area contributed by atoms with E-state index in [2.05, 4.69) is 4.98 Å². The Bertz CT molecular complexity index is 1450. The molecule has 0 fully saturated rings. The highest BCUT2D eigenvalue weighted by Crippen LogP contribution is 2.34. The van der Waals surface area contributed by atoms with E-state index in [9.17, 15) is 18.0 Å². The molecule has 4 nitrogen and oxygen atoms in total. The largest absolute Gasteiger partial charge is 0.402 e. The van der Waals surface area contributed by atoms with Crippen LogP contribution < -0.4 is 5.63 Å². The Morgan fingerprint density at radius 2 is 1.71 bits per heavy atom. The summed E-state index contributed by atoms with van der Waals surface area (Å²) in [5, 5.41) is 1.21. The molecule has 7 heteroatoms. The Kier molecular flexibility index (Phi) is 3.52. The predicted molar refractivity (Wildman–Crippen MR) is 98.7 cm³/mol. The Morgan fingerprint density at radius 1 is 0.929 bits per heavy atom. The molecule has 0 atom stereocenters. The van der Waals surface area contributed by atoms with E-state index in [1.54, 1.807) is 30.3 Å². The fourth-order valence-corrected chi connectivity index (χ4v) is 3.59. The molecule has 0 aliphatic heterocycles. The fourth-order valence-electron chi connectivity index (χ4n) is 3.59. The van der Waals surface area contributed by atoms with Crippen molar-refractivity contribution in [3.8, 4) is 0 Å². The van der Waals surface area contributed by atoms with E-state index in [1.807, 2.05) is 0 Å². The second-order valence-corrected chi connectivity index (χ2v) is 6.43. The molecule has 0 aliphatic rings. The number of hydrogen-bond donors (Lipinski definition) is 0. The first kappa shape index (κ1) is 16.6. The van der Waals surface area contributed by atoms with Crippen LogP contribution in [0.5, 0.6) is 0 Å². The number of nitrogens with zero attached hydrogens (tertiary/aromatic N) is 2. The molecule has 0 aliphatic carbocycles. The fraction of sp³-hybridized carbons (Fsp3) is 0.0476. The van der Waals surface area contributed by atoms with E-state index >= 15 is 0 Å². The van der Waals surface area contributed by atoms with Crippen LogP contribution in [0, 0.1) is 17.5 Å². The lowest BCUT2D eigenvalue weighted by molar-refractivity contribution is 0.510. The van der Waals surface area contributed by atoms with E-state index in [1.165, 1.54) is 16.8 Å². The van der Waals surface area contributed by atoms with Crippen molar-refractivity contribution in [3.05, 3.63) is 88.2 Å². The average molecular weight is 380 g/mol. The molecule has 3 heterocycles. The summed E-state index contributed by atoms with van der Waals surface area (Å²) >= 11 is 0. The lowest BCUT2D eigenvalue weighted by Gasteiger charge is -2.08. The van der Waals surface area contributed by atoms with E-state index in [-0.39, 0.29) is 23.3 Å². The maximum absolute atomic E-state index is 14.2. The molecule has 3 aromatic heterocycles. The Morgan fingerprint density at radius 3 is 2.54 bits per heavy atom. The molecule has 0 saturated heterocycles. The number of fused-ring (bicyclic) bond motifs is 5. The van der Waals surface area contributed by atoms with Crippen LogP contribution in [-0.2, 0) is 6.54 Å². The van der Waals surface area contributed by atoms with Crippen LogP contribution in [0.4, 0.5) is 13.2 Å². The summed E-state index contributed by atoms with van der Waals surface area (Å²) in [6.45, 7) is -0.0473. The van der Waals surface area contributed by atoms with Crippen molar-refractivity contribution < 1.29 is 17.6 Å². The van der Waals surface area contributed by atoms with Crippen molar-refractivity contribution in [1.82, 2.24) is 9.55 Å². The minimum atomic E-state index is -1.06. The summed E-state index contributed by atoms with van der Waals surface area (Å²) in [5.74, 6) is -2.56. The van der Waals surface area contributed by atoms with Crippen LogP contribution in [0.25, 0.3) is 32.9 Å². The van der Waals surface area contributed by atoms with E-state index in [0.29, 0.717) is 21.7 Å². The van der Waals surface area contributed by atoms with Crippen molar-refractivity contribution in [2.45, 2.75) is 6.54 Å². The van der Waals surface area contributed by atoms with Crippen LogP contribution in [0.2, 0.25) is 0 Å². The molecule has 0 bridgehead atoms. The molecule has 0 spiro atoms. The molecule has 138 valence electrons. The van der Waals surface area contributed by atoms with E-state index in [4.69, 9.17) is 4.42 Å². The topological polar surface area (TPSA) is 48.0 Å². The minimum absolute atomic E-state index is 0.0473. The van der Waals surface area contributed by atoms with Gasteiger partial charge in [-0.15, -0.1) is 0 Å². The highest BCUT2D eigenvalue weighted by atomic mass is 19.2. The quantitative estimate of drug-likeness (QED) is 0.444. The van der Waals surface area contributed by atoms with Crippen LogP contribution in [0.1, 0.15) is 5.56 Å². The van der Waals surface area contributed by atoms with Crippen molar-refractivity contribution >= 4 is 32.9 Å². The standard InChI is InChI=1S/C21H11F3N2O2/c22-14-6-2-1-4-11(14)10-26-17-9-16(24)15(23)8-13(17)18-12-5-3-7-25-20(12)28-21(27)19(18)26/h1-9H,10H2. The second-order valence-electron chi connectivity index (χ2n) is 6.43. The van der Waals surface area contributed by atoms with Gasteiger partial charge in [0.2, 0.25) is 5.71 Å². The molecule has 5 aromatic rings. The highest BCUT2D eigenvalue weighted by Gasteiger charge is 2.21. The number of rotatable bonds is 2. The zero-order valence-electron chi connectivity index (χ0n) is 14.2. The third-order valence-corrected chi connectivity index (χ3v) is 4.81. The zero-order valence-corrected chi connectivity index (χ0v) is 14.2. The third kappa shape index (κ3) is 2.32. The van der Waals surface area contributed by atoms with Crippen LogP contribution in [0.15, 0.2) is 63.9 Å². The smallest absolute Gasteiger partial charge is 0.362 e. The zero-order chi connectivity index (χ0) is 19.4. The van der Waals surface area contributed by atoms with Gasteiger partial charge in [0.1, 0.15) is 11.3 Å². The maximum atomic E-state index is 14.2. The average Bonchev–Trinajstić information content (AvgIpc) is 2.98. The molecular formula is C21H11F3N2O2. The summed E-state index contributed by atoms with van der Waals surface area (Å²) in [7, 11) is 0. The lowest BCUT2D eigenvalue weighted by atomic mass is 10.1. The van der Waals surface area contributed by atoms with Gasteiger partial charge >= 0.3 is 5.63 Å². The summed E-state index contributed by atoms with van der Waals surface area (Å²) in [5.41, 5.74) is 0.0468. The SMILES string of the molecule is O=c1oc2ncccc2c2c3cc(F)c(F)cc3n(Cc3ccccc3F)c12. The molecule has 0 radical (unpaired) electrons. The number of benzene rings is 2. The first-order chi connectivity index (χ1) is 13.5. The van der Waals surface area contributed by atoms with Crippen LogP contribution in [-0.4, -0.2) is 9.55 Å². The van der Waals surface area contributed by atoms with Gasteiger partial charge < -0.3 is 8.98 Å². The molecule has 28 heavy (non-hydrogen) atoms. The normalized spacial score (nSPS) is 11.7. The Balaban J connectivity index is 1.98. The van der Waals surface area contributed by atoms with Crippen molar-refractivity contribution in [2.75, 3.05) is 0 Å². The van der Waals surface area contributed by atoms with Gasteiger partial charge in [-0.2, -0.15) is 0 Å².